The van der Waals surface area contributed by atoms with E-state index in [-0.39, 0.29) is 0 Å². The normalized spacial score (nSPS) is 12.0. The molecule has 0 aromatic heterocycles. The van der Waals surface area contributed by atoms with Crippen LogP contribution in [0.4, 0.5) is 0 Å². The zero-order valence-corrected chi connectivity index (χ0v) is 13.1. The minimum Gasteiger partial charge on any atom is -0.395 e. The second-order valence-corrected chi connectivity index (χ2v) is 6.34. The zero-order chi connectivity index (χ0) is 13.8. The van der Waals surface area contributed by atoms with Gasteiger partial charge in [-0.05, 0) is 37.8 Å². The highest BCUT2D eigenvalue weighted by atomic mass is 16.3. The van der Waals surface area contributed by atoms with Crippen LogP contribution in [0, 0.1) is 11.8 Å². The third-order valence-electron chi connectivity index (χ3n) is 3.43. The summed E-state index contributed by atoms with van der Waals surface area (Å²) in [6, 6.07) is 0. The van der Waals surface area contributed by atoms with Crippen molar-refractivity contribution < 1.29 is 5.11 Å². The third-order valence-corrected chi connectivity index (χ3v) is 3.43. The van der Waals surface area contributed by atoms with Crippen LogP contribution in [0.1, 0.15) is 66.2 Å². The zero-order valence-electron chi connectivity index (χ0n) is 13.1. The molecule has 0 fully saturated rings. The first-order chi connectivity index (χ1) is 8.56. The fourth-order valence-corrected chi connectivity index (χ4v) is 2.25. The van der Waals surface area contributed by atoms with Crippen molar-refractivity contribution in [3.63, 3.8) is 0 Å². The van der Waals surface area contributed by atoms with Crippen molar-refractivity contribution in [2.24, 2.45) is 11.8 Å². The van der Waals surface area contributed by atoms with Crippen LogP contribution < -0.4 is 0 Å². The molecular formula is C16H35NO. The minimum atomic E-state index is 0.300. The molecule has 0 spiro atoms. The van der Waals surface area contributed by atoms with E-state index in [1.165, 1.54) is 38.5 Å². The van der Waals surface area contributed by atoms with Crippen molar-refractivity contribution in [2.45, 2.75) is 66.2 Å². The van der Waals surface area contributed by atoms with Gasteiger partial charge < -0.3 is 10.0 Å². The molecule has 18 heavy (non-hydrogen) atoms. The predicted octanol–water partition coefficient (Wildman–Crippen LogP) is 3.93. The summed E-state index contributed by atoms with van der Waals surface area (Å²) >= 11 is 0. The predicted molar refractivity (Wildman–Crippen MR) is 80.9 cm³/mol. The van der Waals surface area contributed by atoms with Gasteiger partial charge >= 0.3 is 0 Å². The highest BCUT2D eigenvalue weighted by Crippen LogP contribution is 2.09. The van der Waals surface area contributed by atoms with Gasteiger partial charge in [-0.2, -0.15) is 0 Å². The third kappa shape index (κ3) is 12.4. The monoisotopic (exact) mass is 257 g/mol. The molecule has 0 rings (SSSR count). The molecule has 0 unspecified atom stereocenters. The number of hydrogen-bond acceptors (Lipinski definition) is 2. The second-order valence-electron chi connectivity index (χ2n) is 6.34. The van der Waals surface area contributed by atoms with Crippen molar-refractivity contribution in [2.75, 3.05) is 26.2 Å². The van der Waals surface area contributed by atoms with Crippen molar-refractivity contribution in [3.05, 3.63) is 0 Å². The molecule has 2 nitrogen and oxygen atoms in total. The van der Waals surface area contributed by atoms with E-state index in [0.29, 0.717) is 6.61 Å². The first-order valence-electron chi connectivity index (χ1n) is 7.89. The van der Waals surface area contributed by atoms with Gasteiger partial charge in [-0.3, -0.25) is 0 Å². The maximum absolute atomic E-state index is 9.08. The molecule has 0 heterocycles. The van der Waals surface area contributed by atoms with E-state index in [1.54, 1.807) is 0 Å². The summed E-state index contributed by atoms with van der Waals surface area (Å²) in [6.07, 6.45) is 7.88. The van der Waals surface area contributed by atoms with Crippen LogP contribution in [-0.4, -0.2) is 36.2 Å². The van der Waals surface area contributed by atoms with Gasteiger partial charge in [0.05, 0.1) is 6.61 Å². The van der Waals surface area contributed by atoms with Crippen LogP contribution in [0.15, 0.2) is 0 Å². The molecule has 0 bridgehead atoms. The lowest BCUT2D eigenvalue weighted by atomic mass is 10.1. The Bertz CT molecular complexity index is 152. The lowest BCUT2D eigenvalue weighted by Crippen LogP contribution is -2.29. The Balaban J connectivity index is 3.58. The van der Waals surface area contributed by atoms with Crippen molar-refractivity contribution in [3.8, 4) is 0 Å². The van der Waals surface area contributed by atoms with E-state index in [9.17, 15) is 0 Å². The Morgan fingerprint density at radius 2 is 1.17 bits per heavy atom. The first-order valence-corrected chi connectivity index (χ1v) is 7.89. The Morgan fingerprint density at radius 3 is 1.50 bits per heavy atom. The quantitative estimate of drug-likeness (QED) is 0.535. The van der Waals surface area contributed by atoms with Crippen LogP contribution in [0.3, 0.4) is 0 Å². The van der Waals surface area contributed by atoms with Crippen molar-refractivity contribution >= 4 is 0 Å². The molecule has 0 radical (unpaired) electrons. The Labute approximate surface area is 115 Å². The van der Waals surface area contributed by atoms with E-state index < -0.39 is 0 Å². The van der Waals surface area contributed by atoms with Crippen LogP contribution in [0.5, 0.6) is 0 Å². The van der Waals surface area contributed by atoms with Gasteiger partial charge in [0.2, 0.25) is 0 Å². The highest BCUT2D eigenvalue weighted by molar-refractivity contribution is 4.59. The number of unbranched alkanes of at least 4 members (excludes halogenated alkanes) is 2. The summed E-state index contributed by atoms with van der Waals surface area (Å²) in [5, 5.41) is 9.08. The highest BCUT2D eigenvalue weighted by Gasteiger charge is 2.04. The first kappa shape index (κ1) is 17.9. The van der Waals surface area contributed by atoms with Crippen LogP contribution in [0.2, 0.25) is 0 Å². The van der Waals surface area contributed by atoms with E-state index in [2.05, 4.69) is 32.6 Å². The molecule has 0 atom stereocenters. The largest absolute Gasteiger partial charge is 0.395 e. The van der Waals surface area contributed by atoms with Crippen LogP contribution in [0.25, 0.3) is 0 Å². The van der Waals surface area contributed by atoms with Gasteiger partial charge in [0.1, 0.15) is 0 Å². The maximum Gasteiger partial charge on any atom is 0.0558 e. The number of aliphatic hydroxyl groups is 1. The number of aliphatic hydroxyl groups excluding tert-OH is 1. The van der Waals surface area contributed by atoms with Gasteiger partial charge in [0.25, 0.3) is 0 Å². The topological polar surface area (TPSA) is 23.5 Å². The number of hydrogen-bond donors (Lipinski definition) is 1. The summed E-state index contributed by atoms with van der Waals surface area (Å²) in [7, 11) is 0. The molecule has 0 aliphatic heterocycles. The number of nitrogens with zero attached hydrogens (tertiary/aromatic N) is 1. The molecule has 0 aromatic rings. The molecular weight excluding hydrogens is 222 g/mol. The van der Waals surface area contributed by atoms with E-state index in [1.807, 2.05) is 0 Å². The summed E-state index contributed by atoms with van der Waals surface area (Å²) in [6.45, 7) is 12.6. The van der Waals surface area contributed by atoms with Crippen LogP contribution in [-0.2, 0) is 0 Å². The second kappa shape index (κ2) is 12.0. The van der Waals surface area contributed by atoms with Gasteiger partial charge in [0, 0.05) is 6.54 Å². The molecule has 110 valence electrons. The molecule has 0 aromatic carbocycles. The summed E-state index contributed by atoms with van der Waals surface area (Å²) in [4.78, 5) is 2.43. The molecule has 0 aliphatic carbocycles. The van der Waals surface area contributed by atoms with E-state index in [0.717, 1.165) is 31.5 Å². The standard InChI is InChI=1S/C16H35NO/c1-15(2)9-5-7-11-17(13-14-18)12-8-6-10-16(3)4/h15-16,18H,5-14H2,1-4H3. The summed E-state index contributed by atoms with van der Waals surface area (Å²) in [5.41, 5.74) is 0. The van der Waals surface area contributed by atoms with Crippen molar-refractivity contribution in [1.29, 1.82) is 0 Å². The molecule has 0 saturated carbocycles. The van der Waals surface area contributed by atoms with Crippen LogP contribution >= 0.6 is 0 Å². The average Bonchev–Trinajstić information content (AvgIpc) is 2.29. The Hall–Kier alpha value is -0.0800. The van der Waals surface area contributed by atoms with E-state index in [4.69, 9.17) is 5.11 Å². The fourth-order valence-electron chi connectivity index (χ4n) is 2.25. The SMILES string of the molecule is CC(C)CCCCN(CCO)CCCCC(C)C. The van der Waals surface area contributed by atoms with Gasteiger partial charge in [-0.1, -0.05) is 53.4 Å². The maximum atomic E-state index is 9.08. The molecule has 0 aliphatic rings. The Kier molecular flexibility index (Phi) is 11.9. The minimum absolute atomic E-state index is 0.300. The summed E-state index contributed by atoms with van der Waals surface area (Å²) in [5.74, 6) is 1.64. The fraction of sp³-hybridized carbons (Fsp3) is 1.00. The van der Waals surface area contributed by atoms with Crippen molar-refractivity contribution in [1.82, 2.24) is 4.90 Å². The Morgan fingerprint density at radius 1 is 0.722 bits per heavy atom. The lowest BCUT2D eigenvalue weighted by molar-refractivity contribution is 0.189. The molecule has 0 saturated heterocycles. The smallest absolute Gasteiger partial charge is 0.0558 e. The van der Waals surface area contributed by atoms with Gasteiger partial charge in [-0.25, -0.2) is 0 Å². The van der Waals surface area contributed by atoms with Gasteiger partial charge in [-0.15, -0.1) is 0 Å². The lowest BCUT2D eigenvalue weighted by Gasteiger charge is -2.21. The average molecular weight is 257 g/mol. The molecule has 1 N–H and O–H groups in total. The molecule has 0 amide bonds. The van der Waals surface area contributed by atoms with E-state index >= 15 is 0 Å². The summed E-state index contributed by atoms with van der Waals surface area (Å²) < 4.78 is 0. The number of rotatable bonds is 12. The molecule has 2 heteroatoms. The van der Waals surface area contributed by atoms with Gasteiger partial charge in [0.15, 0.2) is 0 Å².